The maximum atomic E-state index is 11.7. The van der Waals surface area contributed by atoms with E-state index < -0.39 is 0 Å². The van der Waals surface area contributed by atoms with Crippen LogP contribution in [-0.4, -0.2) is 38.6 Å². The molecule has 1 amide bonds. The molecule has 0 saturated carbocycles. The number of carbonyl (C=O) groups is 1. The molecule has 1 heterocycles. The predicted molar refractivity (Wildman–Crippen MR) is 88.4 cm³/mol. The number of nitrogens with zero attached hydrogens (tertiary/aromatic N) is 1. The van der Waals surface area contributed by atoms with Crippen LogP contribution in [0.4, 0.5) is 11.4 Å². The Bertz CT molecular complexity index is 496. The molecule has 1 fully saturated rings. The highest BCUT2D eigenvalue weighted by Gasteiger charge is 2.20. The van der Waals surface area contributed by atoms with E-state index in [4.69, 9.17) is 11.6 Å². The van der Waals surface area contributed by atoms with Gasteiger partial charge in [-0.05, 0) is 25.1 Å². The molecule has 0 unspecified atom stereocenters. The van der Waals surface area contributed by atoms with Crippen molar-refractivity contribution in [1.82, 2.24) is 0 Å². The maximum absolute atomic E-state index is 11.7. The van der Waals surface area contributed by atoms with Crippen molar-refractivity contribution in [2.45, 2.75) is 20.8 Å². The van der Waals surface area contributed by atoms with Crippen LogP contribution in [0.15, 0.2) is 18.2 Å². The highest BCUT2D eigenvalue weighted by Crippen LogP contribution is 2.29. The number of nitrogens with one attached hydrogen (secondary N) is 2. The summed E-state index contributed by atoms with van der Waals surface area (Å²) >= 11 is 6.40. The second-order valence-electron chi connectivity index (χ2n) is 5.90. The first-order chi connectivity index (χ1) is 10.0. The van der Waals surface area contributed by atoms with Crippen molar-refractivity contribution in [1.29, 1.82) is 0 Å². The molecule has 1 aliphatic heterocycles. The van der Waals surface area contributed by atoms with Crippen molar-refractivity contribution in [3.63, 3.8) is 0 Å². The summed E-state index contributed by atoms with van der Waals surface area (Å²) < 4.78 is 0. The zero-order valence-corrected chi connectivity index (χ0v) is 13.8. The van der Waals surface area contributed by atoms with E-state index in [9.17, 15) is 4.79 Å². The molecular formula is C16H25ClN3O+. The molecule has 0 aliphatic carbocycles. The second kappa shape index (κ2) is 7.14. The number of amides is 1. The third-order valence-electron chi connectivity index (χ3n) is 4.05. The molecule has 0 radical (unpaired) electrons. The van der Waals surface area contributed by atoms with Gasteiger partial charge in [0.1, 0.15) is 0 Å². The number of hydrogen-bond acceptors (Lipinski definition) is 2. The van der Waals surface area contributed by atoms with Crippen LogP contribution in [0.2, 0.25) is 5.02 Å². The summed E-state index contributed by atoms with van der Waals surface area (Å²) in [5.41, 5.74) is 1.83. The lowest BCUT2D eigenvalue weighted by atomic mass is 10.2. The summed E-state index contributed by atoms with van der Waals surface area (Å²) in [5, 5.41) is 3.59. The molecular weight excluding hydrogens is 286 g/mol. The van der Waals surface area contributed by atoms with Gasteiger partial charge >= 0.3 is 0 Å². The Morgan fingerprint density at radius 2 is 2.05 bits per heavy atom. The topological polar surface area (TPSA) is 36.8 Å². The van der Waals surface area contributed by atoms with Crippen LogP contribution in [0, 0.1) is 5.92 Å². The zero-order chi connectivity index (χ0) is 15.4. The first kappa shape index (κ1) is 16.1. The average molecular weight is 311 g/mol. The third-order valence-corrected chi connectivity index (χ3v) is 4.35. The Labute approximate surface area is 132 Å². The first-order valence-corrected chi connectivity index (χ1v) is 8.08. The summed E-state index contributed by atoms with van der Waals surface area (Å²) in [5.74, 6) is -0.0208. The Kier molecular flexibility index (Phi) is 5.48. The van der Waals surface area contributed by atoms with E-state index in [1.807, 2.05) is 32.0 Å². The van der Waals surface area contributed by atoms with Gasteiger partial charge in [-0.2, -0.15) is 0 Å². The minimum Gasteiger partial charge on any atom is -0.359 e. The van der Waals surface area contributed by atoms with Gasteiger partial charge in [0.25, 0.3) is 0 Å². The fourth-order valence-corrected chi connectivity index (χ4v) is 2.85. The van der Waals surface area contributed by atoms with Gasteiger partial charge in [-0.25, -0.2) is 0 Å². The SMILES string of the molecule is CC[NH+]1CCN(c2ccc(NC(=O)C(C)C)cc2Cl)CC1. The summed E-state index contributed by atoms with van der Waals surface area (Å²) in [6.45, 7) is 11.5. The van der Waals surface area contributed by atoms with Gasteiger partial charge in [-0.3, -0.25) is 4.79 Å². The van der Waals surface area contributed by atoms with Crippen molar-refractivity contribution in [3.8, 4) is 0 Å². The Morgan fingerprint density at radius 3 is 2.57 bits per heavy atom. The number of carbonyl (C=O) groups excluding carboxylic acids is 1. The minimum atomic E-state index is -0.0338. The van der Waals surface area contributed by atoms with Crippen LogP contribution in [0.25, 0.3) is 0 Å². The van der Waals surface area contributed by atoms with Gasteiger partial charge in [-0.15, -0.1) is 0 Å². The molecule has 21 heavy (non-hydrogen) atoms. The number of benzene rings is 1. The van der Waals surface area contributed by atoms with Crippen LogP contribution in [0.3, 0.4) is 0 Å². The summed E-state index contributed by atoms with van der Waals surface area (Å²) in [4.78, 5) is 15.7. The number of halogens is 1. The quantitative estimate of drug-likeness (QED) is 0.887. The fourth-order valence-electron chi connectivity index (χ4n) is 2.55. The largest absolute Gasteiger partial charge is 0.359 e. The summed E-state index contributed by atoms with van der Waals surface area (Å²) in [7, 11) is 0. The maximum Gasteiger partial charge on any atom is 0.226 e. The molecule has 0 atom stereocenters. The van der Waals surface area contributed by atoms with Crippen LogP contribution in [-0.2, 0) is 4.79 Å². The van der Waals surface area contributed by atoms with E-state index in [-0.39, 0.29) is 11.8 Å². The van der Waals surface area contributed by atoms with Gasteiger partial charge in [0, 0.05) is 11.6 Å². The molecule has 5 heteroatoms. The van der Waals surface area contributed by atoms with Crippen molar-refractivity contribution in [2.24, 2.45) is 5.92 Å². The number of piperazine rings is 1. The average Bonchev–Trinajstić information content (AvgIpc) is 2.47. The van der Waals surface area contributed by atoms with E-state index in [1.54, 1.807) is 4.90 Å². The number of hydrogen-bond donors (Lipinski definition) is 2. The molecule has 2 N–H and O–H groups in total. The number of rotatable bonds is 4. The molecule has 1 aliphatic rings. The molecule has 1 aromatic carbocycles. The molecule has 1 saturated heterocycles. The number of likely N-dealkylation sites (N-methyl/N-ethyl adjacent to an activating group) is 1. The highest BCUT2D eigenvalue weighted by atomic mass is 35.5. The monoisotopic (exact) mass is 310 g/mol. The third kappa shape index (κ3) is 4.11. The Balaban J connectivity index is 2.04. The molecule has 0 aromatic heterocycles. The van der Waals surface area contributed by atoms with Gasteiger partial charge in [0.15, 0.2) is 0 Å². The summed E-state index contributed by atoms with van der Waals surface area (Å²) in [6.07, 6.45) is 0. The predicted octanol–water partition coefficient (Wildman–Crippen LogP) is 1.66. The molecule has 0 spiro atoms. The fraction of sp³-hybridized carbons (Fsp3) is 0.562. The van der Waals surface area contributed by atoms with Gasteiger partial charge in [-0.1, -0.05) is 25.4 Å². The van der Waals surface area contributed by atoms with Gasteiger partial charge < -0.3 is 15.1 Å². The van der Waals surface area contributed by atoms with Crippen molar-refractivity contribution < 1.29 is 9.69 Å². The van der Waals surface area contributed by atoms with E-state index in [0.29, 0.717) is 5.02 Å². The van der Waals surface area contributed by atoms with Crippen molar-refractivity contribution in [2.75, 3.05) is 42.9 Å². The van der Waals surface area contributed by atoms with Crippen molar-refractivity contribution >= 4 is 28.9 Å². The minimum absolute atomic E-state index is 0.0129. The van der Waals surface area contributed by atoms with Gasteiger partial charge in [0.2, 0.25) is 5.91 Å². The Morgan fingerprint density at radius 1 is 1.38 bits per heavy atom. The normalized spacial score (nSPS) is 16.3. The van der Waals surface area contributed by atoms with E-state index >= 15 is 0 Å². The van der Waals surface area contributed by atoms with E-state index in [0.717, 1.165) is 37.6 Å². The standard InChI is InChI=1S/C16H24ClN3O/c1-4-19-7-9-20(10-8-19)15-6-5-13(11-14(15)17)18-16(21)12(2)3/h5-6,11-12H,4,7-10H2,1-3H3,(H,18,21)/p+1. The number of anilines is 2. The van der Waals surface area contributed by atoms with E-state index in [1.165, 1.54) is 6.54 Å². The molecule has 0 bridgehead atoms. The lowest BCUT2D eigenvalue weighted by Gasteiger charge is -2.33. The molecule has 116 valence electrons. The number of quaternary nitrogens is 1. The highest BCUT2D eigenvalue weighted by molar-refractivity contribution is 6.33. The van der Waals surface area contributed by atoms with Crippen LogP contribution >= 0.6 is 11.6 Å². The zero-order valence-electron chi connectivity index (χ0n) is 13.1. The first-order valence-electron chi connectivity index (χ1n) is 7.70. The lowest BCUT2D eigenvalue weighted by molar-refractivity contribution is -0.898. The van der Waals surface area contributed by atoms with Crippen LogP contribution in [0.5, 0.6) is 0 Å². The van der Waals surface area contributed by atoms with Crippen LogP contribution in [0.1, 0.15) is 20.8 Å². The second-order valence-corrected chi connectivity index (χ2v) is 6.31. The molecule has 2 rings (SSSR count). The van der Waals surface area contributed by atoms with Crippen molar-refractivity contribution in [3.05, 3.63) is 23.2 Å². The van der Waals surface area contributed by atoms with Gasteiger partial charge in [0.05, 0.1) is 43.4 Å². The smallest absolute Gasteiger partial charge is 0.226 e. The summed E-state index contributed by atoms with van der Waals surface area (Å²) in [6, 6.07) is 5.78. The molecule has 1 aromatic rings. The Hall–Kier alpha value is -1.26. The van der Waals surface area contributed by atoms with E-state index in [2.05, 4.69) is 17.1 Å². The van der Waals surface area contributed by atoms with Crippen LogP contribution < -0.4 is 15.1 Å². The lowest BCUT2D eigenvalue weighted by Crippen LogP contribution is -3.14. The molecule has 4 nitrogen and oxygen atoms in total.